The summed E-state index contributed by atoms with van der Waals surface area (Å²) in [7, 11) is 0. The molecule has 0 aromatic carbocycles. The summed E-state index contributed by atoms with van der Waals surface area (Å²) in [6.07, 6.45) is -4.00. The summed E-state index contributed by atoms with van der Waals surface area (Å²) in [5.74, 6) is 0.408. The van der Waals surface area contributed by atoms with Crippen molar-refractivity contribution in [1.29, 1.82) is 0 Å². The topological polar surface area (TPSA) is 21.3 Å². The lowest BCUT2D eigenvalue weighted by Gasteiger charge is -2.23. The minimum atomic E-state index is -4.12. The Hall–Kier alpha value is -0.290. The Morgan fingerprint density at radius 2 is 1.88 bits per heavy atom. The molecule has 16 heavy (non-hydrogen) atoms. The van der Waals surface area contributed by atoms with Crippen molar-refractivity contribution in [3.8, 4) is 0 Å². The normalized spacial score (nSPS) is 16.1. The van der Waals surface area contributed by atoms with Crippen LogP contribution in [0.3, 0.4) is 0 Å². The summed E-state index contributed by atoms with van der Waals surface area (Å²) < 4.78 is 40.6. The number of hydrogen-bond donors (Lipinski definition) is 1. The molecule has 2 atom stereocenters. The van der Waals surface area contributed by atoms with Crippen LogP contribution in [0.4, 0.5) is 13.2 Å². The van der Waals surface area contributed by atoms with Crippen molar-refractivity contribution in [2.45, 2.75) is 45.8 Å². The van der Waals surface area contributed by atoms with Gasteiger partial charge < -0.3 is 10.1 Å². The van der Waals surface area contributed by atoms with Crippen LogP contribution in [-0.4, -0.2) is 32.0 Å². The minimum Gasteiger partial charge on any atom is -0.379 e. The van der Waals surface area contributed by atoms with Crippen LogP contribution < -0.4 is 5.32 Å². The number of hydrogen-bond acceptors (Lipinski definition) is 2. The predicted octanol–water partition coefficient (Wildman–Crippen LogP) is 2.98. The first-order chi connectivity index (χ1) is 7.40. The Balaban J connectivity index is 3.76. The van der Waals surface area contributed by atoms with Crippen molar-refractivity contribution >= 4 is 0 Å². The van der Waals surface area contributed by atoms with Crippen molar-refractivity contribution in [3.05, 3.63) is 0 Å². The maximum atomic E-state index is 11.9. The van der Waals surface area contributed by atoms with Crippen molar-refractivity contribution < 1.29 is 17.9 Å². The largest absolute Gasteiger partial charge is 0.391 e. The first-order valence-corrected chi connectivity index (χ1v) is 5.78. The quantitative estimate of drug-likeness (QED) is 0.660. The molecule has 0 rings (SSSR count). The number of nitrogens with one attached hydrogen (secondary N) is 1. The average molecular weight is 241 g/mol. The molecular formula is C11H22F3NO. The van der Waals surface area contributed by atoms with Crippen molar-refractivity contribution in [3.63, 3.8) is 0 Å². The highest BCUT2D eigenvalue weighted by Gasteiger charge is 2.26. The maximum absolute atomic E-state index is 11.9. The Bertz CT molecular complexity index is 173. The molecule has 0 amide bonds. The number of halogens is 3. The van der Waals surface area contributed by atoms with Gasteiger partial charge >= 0.3 is 6.18 Å². The molecule has 0 saturated heterocycles. The zero-order valence-electron chi connectivity index (χ0n) is 10.2. The highest BCUT2D eigenvalue weighted by Crippen LogP contribution is 2.19. The number of alkyl halides is 3. The molecule has 5 heteroatoms. The van der Waals surface area contributed by atoms with Gasteiger partial charge in [0, 0.05) is 6.04 Å². The van der Waals surface area contributed by atoms with Gasteiger partial charge in [-0.3, -0.25) is 0 Å². The van der Waals surface area contributed by atoms with Gasteiger partial charge in [0.15, 0.2) is 0 Å². The summed E-state index contributed by atoms with van der Waals surface area (Å²) in [5.41, 5.74) is 0. The van der Waals surface area contributed by atoms with Crippen LogP contribution in [0.25, 0.3) is 0 Å². The Morgan fingerprint density at radius 1 is 1.25 bits per heavy atom. The zero-order valence-corrected chi connectivity index (χ0v) is 10.2. The summed E-state index contributed by atoms with van der Waals surface area (Å²) in [4.78, 5) is 0. The molecule has 0 aromatic heterocycles. The molecule has 0 fully saturated rings. The van der Waals surface area contributed by atoms with E-state index < -0.39 is 12.6 Å². The van der Waals surface area contributed by atoms with E-state index in [1.807, 2.05) is 6.92 Å². The van der Waals surface area contributed by atoms with E-state index in [0.29, 0.717) is 12.5 Å². The van der Waals surface area contributed by atoms with Gasteiger partial charge in [0.1, 0.15) is 0 Å². The van der Waals surface area contributed by atoms with E-state index in [1.54, 1.807) is 0 Å². The fourth-order valence-corrected chi connectivity index (χ4v) is 1.37. The van der Waals surface area contributed by atoms with Crippen molar-refractivity contribution in [1.82, 2.24) is 5.32 Å². The average Bonchev–Trinajstić information content (AvgIpc) is 2.20. The van der Waals surface area contributed by atoms with Gasteiger partial charge in [-0.1, -0.05) is 27.2 Å². The molecular weight excluding hydrogens is 219 g/mol. The van der Waals surface area contributed by atoms with E-state index in [9.17, 15) is 13.2 Å². The Kier molecular flexibility index (Phi) is 7.76. The van der Waals surface area contributed by atoms with E-state index in [-0.39, 0.29) is 12.6 Å². The van der Waals surface area contributed by atoms with E-state index in [1.165, 1.54) is 0 Å². The first-order valence-electron chi connectivity index (χ1n) is 5.78. The smallest absolute Gasteiger partial charge is 0.379 e. The first kappa shape index (κ1) is 15.7. The second-order valence-electron chi connectivity index (χ2n) is 3.99. The van der Waals surface area contributed by atoms with Crippen LogP contribution in [0.5, 0.6) is 0 Å². The van der Waals surface area contributed by atoms with Crippen LogP contribution in [-0.2, 0) is 4.74 Å². The van der Waals surface area contributed by atoms with Crippen LogP contribution >= 0.6 is 0 Å². The molecule has 0 aliphatic rings. The molecule has 0 aliphatic heterocycles. The zero-order chi connectivity index (χ0) is 12.6. The van der Waals surface area contributed by atoms with Gasteiger partial charge in [0.25, 0.3) is 0 Å². The van der Waals surface area contributed by atoms with Gasteiger partial charge in [-0.05, 0) is 12.5 Å². The fraction of sp³-hybridized carbons (Fsp3) is 1.00. The highest BCUT2D eigenvalue weighted by atomic mass is 19.4. The van der Waals surface area contributed by atoms with Crippen LogP contribution in [0.15, 0.2) is 0 Å². The number of likely N-dealkylation sites (N-methyl/N-ethyl adjacent to an activating group) is 1. The summed E-state index contributed by atoms with van der Waals surface area (Å²) in [6, 6.07) is 0.142. The Morgan fingerprint density at radius 3 is 2.31 bits per heavy atom. The number of rotatable bonds is 8. The second-order valence-corrected chi connectivity index (χ2v) is 3.99. The Labute approximate surface area is 95.5 Å². The molecule has 0 bridgehead atoms. The minimum absolute atomic E-state index is 0.142. The molecule has 2 unspecified atom stereocenters. The van der Waals surface area contributed by atoms with E-state index >= 15 is 0 Å². The third kappa shape index (κ3) is 7.93. The predicted molar refractivity (Wildman–Crippen MR) is 58.4 cm³/mol. The van der Waals surface area contributed by atoms with Gasteiger partial charge in [-0.15, -0.1) is 0 Å². The monoisotopic (exact) mass is 241 g/mol. The highest BCUT2D eigenvalue weighted by molar-refractivity contribution is 4.71. The van der Waals surface area contributed by atoms with E-state index in [0.717, 1.165) is 13.0 Å². The standard InChI is InChI=1S/C11H22F3NO/c1-4-9(3)10(15-5-2)8-16-7-6-11(12,13)14/h9-10,15H,4-8H2,1-3H3. The maximum Gasteiger partial charge on any atom is 0.391 e. The summed E-state index contributed by atoms with van der Waals surface area (Å²) in [6.45, 7) is 7.01. The molecule has 0 aromatic rings. The number of ether oxygens (including phenoxy) is 1. The van der Waals surface area contributed by atoms with Crippen LogP contribution in [0.1, 0.15) is 33.6 Å². The van der Waals surface area contributed by atoms with E-state index in [4.69, 9.17) is 4.74 Å². The lowest BCUT2D eigenvalue weighted by Crippen LogP contribution is -2.39. The lowest BCUT2D eigenvalue weighted by molar-refractivity contribution is -0.145. The van der Waals surface area contributed by atoms with Gasteiger partial charge in [0.2, 0.25) is 0 Å². The van der Waals surface area contributed by atoms with Crippen molar-refractivity contribution in [2.75, 3.05) is 19.8 Å². The van der Waals surface area contributed by atoms with Crippen molar-refractivity contribution in [2.24, 2.45) is 5.92 Å². The molecule has 0 aliphatic carbocycles. The molecule has 1 N–H and O–H groups in total. The molecule has 0 heterocycles. The van der Waals surface area contributed by atoms with Gasteiger partial charge in [0.05, 0.1) is 19.6 Å². The SMILES string of the molecule is CCNC(COCCC(F)(F)F)C(C)CC. The molecule has 0 saturated carbocycles. The third-order valence-electron chi connectivity index (χ3n) is 2.62. The third-order valence-corrected chi connectivity index (χ3v) is 2.62. The van der Waals surface area contributed by atoms with Crippen LogP contribution in [0, 0.1) is 5.92 Å². The van der Waals surface area contributed by atoms with Gasteiger partial charge in [-0.2, -0.15) is 13.2 Å². The summed E-state index contributed by atoms with van der Waals surface area (Å²) in [5, 5.41) is 3.22. The molecule has 2 nitrogen and oxygen atoms in total. The molecule has 0 spiro atoms. The summed E-state index contributed by atoms with van der Waals surface area (Å²) >= 11 is 0. The van der Waals surface area contributed by atoms with Gasteiger partial charge in [-0.25, -0.2) is 0 Å². The van der Waals surface area contributed by atoms with E-state index in [2.05, 4.69) is 19.2 Å². The fourth-order valence-electron chi connectivity index (χ4n) is 1.37. The van der Waals surface area contributed by atoms with Crippen LogP contribution in [0.2, 0.25) is 0 Å². The molecule has 98 valence electrons. The molecule has 0 radical (unpaired) electrons. The second kappa shape index (κ2) is 7.90. The lowest BCUT2D eigenvalue weighted by atomic mass is 10.00.